The summed E-state index contributed by atoms with van der Waals surface area (Å²) in [4.78, 5) is 13.0. The third-order valence-electron chi connectivity index (χ3n) is 5.32. The highest BCUT2D eigenvalue weighted by Crippen LogP contribution is 2.48. The zero-order chi connectivity index (χ0) is 20.1. The first kappa shape index (κ1) is 18.1. The lowest BCUT2D eigenvalue weighted by molar-refractivity contribution is -0.119. The quantitative estimate of drug-likeness (QED) is 0.822. The number of carbonyl (C=O) groups excluding carboxylic acids is 1. The van der Waals surface area contributed by atoms with Gasteiger partial charge in [-0.3, -0.25) is 4.79 Å². The van der Waals surface area contributed by atoms with Gasteiger partial charge in [-0.05, 0) is 24.5 Å². The molecule has 0 bridgehead atoms. The van der Waals surface area contributed by atoms with Crippen LogP contribution in [0.2, 0.25) is 0 Å². The fourth-order valence-electron chi connectivity index (χ4n) is 3.95. The predicted octanol–water partition coefficient (Wildman–Crippen LogP) is 4.71. The predicted molar refractivity (Wildman–Crippen MR) is 105 cm³/mol. The standard InChI is InChI=1S/C23H22N2O3/c1-13-4-6-14(7-5-13)17-8-9-18(27-17)20-15(12-24)22(25)28-19-11-23(2,3)10-16(26)21(19)20/h4-9,20H,10-11,25H2,1-3H3/t20-/m1/s1. The highest BCUT2D eigenvalue weighted by Gasteiger charge is 2.44. The van der Waals surface area contributed by atoms with E-state index in [0.29, 0.717) is 35.7 Å². The molecule has 0 saturated carbocycles. The van der Waals surface area contributed by atoms with Gasteiger partial charge in [-0.1, -0.05) is 43.7 Å². The van der Waals surface area contributed by atoms with Crippen molar-refractivity contribution in [3.05, 3.63) is 70.5 Å². The molecule has 4 rings (SSSR count). The average molecular weight is 374 g/mol. The zero-order valence-electron chi connectivity index (χ0n) is 16.2. The maximum Gasteiger partial charge on any atom is 0.205 e. The second kappa shape index (κ2) is 6.42. The van der Waals surface area contributed by atoms with Gasteiger partial charge in [0.25, 0.3) is 0 Å². The number of nitrogens with two attached hydrogens (primary N) is 1. The van der Waals surface area contributed by atoms with E-state index in [0.717, 1.165) is 11.1 Å². The van der Waals surface area contributed by atoms with Crippen molar-refractivity contribution in [1.82, 2.24) is 0 Å². The van der Waals surface area contributed by atoms with Gasteiger partial charge in [0.1, 0.15) is 28.9 Å². The van der Waals surface area contributed by atoms with E-state index < -0.39 is 5.92 Å². The number of aryl methyl sites for hydroxylation is 1. The third-order valence-corrected chi connectivity index (χ3v) is 5.32. The van der Waals surface area contributed by atoms with Crippen LogP contribution in [0.5, 0.6) is 0 Å². The van der Waals surface area contributed by atoms with E-state index in [1.165, 1.54) is 0 Å². The fourth-order valence-corrected chi connectivity index (χ4v) is 3.95. The van der Waals surface area contributed by atoms with E-state index in [4.69, 9.17) is 14.9 Å². The van der Waals surface area contributed by atoms with Crippen molar-refractivity contribution >= 4 is 5.78 Å². The number of Topliss-reactive ketones (excluding diaryl/α,β-unsaturated/α-hetero) is 1. The minimum atomic E-state index is -0.628. The van der Waals surface area contributed by atoms with Crippen molar-refractivity contribution in [3.8, 4) is 17.4 Å². The molecule has 1 aromatic heterocycles. The number of hydrogen-bond acceptors (Lipinski definition) is 5. The van der Waals surface area contributed by atoms with Gasteiger partial charge >= 0.3 is 0 Å². The minimum absolute atomic E-state index is 0.0233. The SMILES string of the molecule is Cc1ccc(-c2ccc([C@H]3C(C#N)=C(N)OC4=C3C(=O)CC(C)(C)C4)o2)cc1. The van der Waals surface area contributed by atoms with E-state index in [-0.39, 0.29) is 22.7 Å². The Morgan fingerprint density at radius 3 is 2.54 bits per heavy atom. The molecule has 0 unspecified atom stereocenters. The number of furan rings is 1. The molecule has 5 heteroatoms. The lowest BCUT2D eigenvalue weighted by Crippen LogP contribution is -2.33. The number of carbonyl (C=O) groups is 1. The summed E-state index contributed by atoms with van der Waals surface area (Å²) in [6.45, 7) is 6.07. The number of benzene rings is 1. The molecule has 2 aliphatic rings. The summed E-state index contributed by atoms with van der Waals surface area (Å²) in [6.07, 6.45) is 0.991. The molecule has 1 aliphatic carbocycles. The number of allylic oxidation sites excluding steroid dienone is 3. The van der Waals surface area contributed by atoms with Gasteiger partial charge < -0.3 is 14.9 Å². The van der Waals surface area contributed by atoms with E-state index in [9.17, 15) is 10.1 Å². The molecule has 0 amide bonds. The molecule has 2 N–H and O–H groups in total. The Labute approximate surface area is 164 Å². The van der Waals surface area contributed by atoms with Crippen molar-refractivity contribution < 1.29 is 13.9 Å². The Morgan fingerprint density at radius 2 is 1.86 bits per heavy atom. The van der Waals surface area contributed by atoms with E-state index in [1.807, 2.05) is 57.2 Å². The first-order valence-electron chi connectivity index (χ1n) is 9.30. The Bertz CT molecular complexity index is 1060. The number of rotatable bonds is 2. The highest BCUT2D eigenvalue weighted by atomic mass is 16.5. The van der Waals surface area contributed by atoms with Crippen LogP contribution in [0.25, 0.3) is 11.3 Å². The Morgan fingerprint density at radius 1 is 1.14 bits per heavy atom. The second-order valence-electron chi connectivity index (χ2n) is 8.27. The van der Waals surface area contributed by atoms with Crippen LogP contribution in [-0.4, -0.2) is 5.78 Å². The summed E-state index contributed by atoms with van der Waals surface area (Å²) in [5.41, 5.74) is 8.64. The number of ether oxygens (including phenoxy) is 1. The molecule has 1 aliphatic heterocycles. The molecule has 2 aromatic rings. The van der Waals surface area contributed by atoms with Crippen molar-refractivity contribution in [2.24, 2.45) is 11.1 Å². The first-order chi connectivity index (χ1) is 13.3. The van der Waals surface area contributed by atoms with Gasteiger partial charge in [0.15, 0.2) is 5.78 Å². The van der Waals surface area contributed by atoms with E-state index in [2.05, 4.69) is 6.07 Å². The normalized spacial score (nSPS) is 21.2. The molecule has 28 heavy (non-hydrogen) atoms. The van der Waals surface area contributed by atoms with Crippen molar-refractivity contribution in [2.45, 2.75) is 39.5 Å². The molecule has 1 atom stereocenters. The molecule has 0 radical (unpaired) electrons. The minimum Gasteiger partial charge on any atom is -0.460 e. The summed E-state index contributed by atoms with van der Waals surface area (Å²) < 4.78 is 11.8. The lowest BCUT2D eigenvalue weighted by Gasteiger charge is -2.36. The van der Waals surface area contributed by atoms with Gasteiger partial charge in [-0.2, -0.15) is 5.26 Å². The molecular weight excluding hydrogens is 352 g/mol. The molecule has 2 heterocycles. The Balaban J connectivity index is 1.81. The van der Waals surface area contributed by atoms with Gasteiger partial charge in [-0.25, -0.2) is 0 Å². The van der Waals surface area contributed by atoms with Crippen LogP contribution in [-0.2, 0) is 9.53 Å². The van der Waals surface area contributed by atoms with Gasteiger partial charge in [0.05, 0.1) is 5.92 Å². The molecule has 0 spiro atoms. The fraction of sp³-hybridized carbons (Fsp3) is 0.304. The molecule has 1 aromatic carbocycles. The van der Waals surface area contributed by atoms with Crippen molar-refractivity contribution in [1.29, 1.82) is 5.26 Å². The number of nitrogens with zero attached hydrogens (tertiary/aromatic N) is 1. The zero-order valence-corrected chi connectivity index (χ0v) is 16.2. The largest absolute Gasteiger partial charge is 0.460 e. The first-order valence-corrected chi connectivity index (χ1v) is 9.30. The molecule has 0 saturated heterocycles. The van der Waals surface area contributed by atoms with Crippen molar-refractivity contribution in [3.63, 3.8) is 0 Å². The molecule has 5 nitrogen and oxygen atoms in total. The van der Waals surface area contributed by atoms with Crippen molar-refractivity contribution in [2.75, 3.05) is 0 Å². The summed E-state index contributed by atoms with van der Waals surface area (Å²) >= 11 is 0. The third kappa shape index (κ3) is 3.01. The summed E-state index contributed by atoms with van der Waals surface area (Å²) in [6, 6.07) is 13.8. The second-order valence-corrected chi connectivity index (χ2v) is 8.27. The van der Waals surface area contributed by atoms with E-state index in [1.54, 1.807) is 0 Å². The maximum absolute atomic E-state index is 13.0. The van der Waals surface area contributed by atoms with Crippen LogP contribution in [0.4, 0.5) is 0 Å². The van der Waals surface area contributed by atoms with Crippen LogP contribution >= 0.6 is 0 Å². The summed E-state index contributed by atoms with van der Waals surface area (Å²) in [7, 11) is 0. The average Bonchev–Trinajstić information content (AvgIpc) is 3.09. The summed E-state index contributed by atoms with van der Waals surface area (Å²) in [5, 5.41) is 9.68. The number of ketones is 1. The number of nitriles is 1. The molecule has 142 valence electrons. The van der Waals surface area contributed by atoms with Crippen LogP contribution in [0.1, 0.15) is 43.9 Å². The Hall–Kier alpha value is -3.26. The number of hydrogen-bond donors (Lipinski definition) is 1. The topological polar surface area (TPSA) is 89.3 Å². The van der Waals surface area contributed by atoms with Crippen LogP contribution in [0.15, 0.2) is 63.6 Å². The highest BCUT2D eigenvalue weighted by molar-refractivity contribution is 5.99. The van der Waals surface area contributed by atoms with Gasteiger partial charge in [-0.15, -0.1) is 0 Å². The Kier molecular flexibility index (Phi) is 4.15. The summed E-state index contributed by atoms with van der Waals surface area (Å²) in [5.74, 6) is 1.16. The maximum atomic E-state index is 13.0. The van der Waals surface area contributed by atoms with Gasteiger partial charge in [0.2, 0.25) is 5.88 Å². The smallest absolute Gasteiger partial charge is 0.205 e. The van der Waals surface area contributed by atoms with Gasteiger partial charge in [0, 0.05) is 24.0 Å². The molecule has 0 fully saturated rings. The lowest BCUT2D eigenvalue weighted by atomic mass is 9.71. The van der Waals surface area contributed by atoms with Crippen LogP contribution in [0.3, 0.4) is 0 Å². The van der Waals surface area contributed by atoms with Crippen LogP contribution in [0, 0.1) is 23.7 Å². The molecular formula is C23H22N2O3. The monoisotopic (exact) mass is 374 g/mol. The van der Waals surface area contributed by atoms with E-state index >= 15 is 0 Å². The van der Waals surface area contributed by atoms with Crippen LogP contribution < -0.4 is 5.73 Å².